The normalized spacial score (nSPS) is 19.4. The molecule has 2 aromatic rings. The Bertz CT molecular complexity index is 849. The number of hydrogen-bond donors (Lipinski definition) is 1. The number of hydrogen-bond acceptors (Lipinski definition) is 7. The van der Waals surface area contributed by atoms with Gasteiger partial charge in [0.2, 0.25) is 0 Å². The van der Waals surface area contributed by atoms with Gasteiger partial charge < -0.3 is 14.6 Å². The summed E-state index contributed by atoms with van der Waals surface area (Å²) in [5.74, 6) is 0.912. The van der Waals surface area contributed by atoms with Crippen molar-refractivity contribution in [1.29, 1.82) is 0 Å². The van der Waals surface area contributed by atoms with Crippen LogP contribution in [-0.4, -0.2) is 43.0 Å². The minimum absolute atomic E-state index is 0.0559. The SMILES string of the molecule is CCc1nc(-c2cnn(C)c2CO)ncc1O[C@H]1CCC[C@H](C(=O)OC(C)C)C1. The van der Waals surface area contributed by atoms with Crippen molar-refractivity contribution in [3.63, 3.8) is 0 Å². The van der Waals surface area contributed by atoms with Crippen LogP contribution in [0, 0.1) is 5.92 Å². The summed E-state index contributed by atoms with van der Waals surface area (Å²) < 4.78 is 13.2. The smallest absolute Gasteiger partial charge is 0.309 e. The number of carbonyl (C=O) groups excluding carboxylic acids is 1. The molecule has 0 unspecified atom stereocenters. The minimum atomic E-state index is -0.135. The molecular formula is C21H30N4O4. The van der Waals surface area contributed by atoms with E-state index in [0.29, 0.717) is 35.7 Å². The molecular weight excluding hydrogens is 372 g/mol. The molecule has 0 aliphatic heterocycles. The molecule has 1 fully saturated rings. The van der Waals surface area contributed by atoms with Crippen LogP contribution in [0.1, 0.15) is 57.8 Å². The molecule has 0 bridgehead atoms. The summed E-state index contributed by atoms with van der Waals surface area (Å²) in [6.45, 7) is 5.61. The van der Waals surface area contributed by atoms with E-state index in [-0.39, 0.29) is 30.7 Å². The average molecular weight is 402 g/mol. The van der Waals surface area contributed by atoms with Crippen LogP contribution in [0.3, 0.4) is 0 Å². The molecule has 1 aliphatic rings. The van der Waals surface area contributed by atoms with E-state index in [4.69, 9.17) is 9.47 Å². The lowest BCUT2D eigenvalue weighted by atomic mass is 9.87. The lowest BCUT2D eigenvalue weighted by Gasteiger charge is -2.29. The Morgan fingerprint density at radius 1 is 1.34 bits per heavy atom. The molecule has 1 N–H and O–H groups in total. The van der Waals surface area contributed by atoms with Gasteiger partial charge >= 0.3 is 5.97 Å². The Hall–Kier alpha value is -2.48. The lowest BCUT2D eigenvalue weighted by Crippen LogP contribution is -2.32. The summed E-state index contributed by atoms with van der Waals surface area (Å²) in [6.07, 6.45) is 7.18. The number of aliphatic hydroxyl groups excluding tert-OH is 1. The molecule has 29 heavy (non-hydrogen) atoms. The van der Waals surface area contributed by atoms with Crippen molar-refractivity contribution in [2.75, 3.05) is 0 Å². The second kappa shape index (κ2) is 9.35. The van der Waals surface area contributed by atoms with Gasteiger partial charge in [-0.3, -0.25) is 9.48 Å². The zero-order valence-electron chi connectivity index (χ0n) is 17.6. The third-order valence-corrected chi connectivity index (χ3v) is 5.22. The summed E-state index contributed by atoms with van der Waals surface area (Å²) in [6, 6.07) is 0. The lowest BCUT2D eigenvalue weighted by molar-refractivity contribution is -0.154. The first-order valence-electron chi connectivity index (χ1n) is 10.3. The molecule has 0 radical (unpaired) electrons. The molecule has 0 spiro atoms. The van der Waals surface area contributed by atoms with Gasteiger partial charge in [0.25, 0.3) is 0 Å². The van der Waals surface area contributed by atoms with Gasteiger partial charge in [-0.15, -0.1) is 0 Å². The van der Waals surface area contributed by atoms with Gasteiger partial charge in [0.1, 0.15) is 0 Å². The molecule has 0 saturated heterocycles. The second-order valence-corrected chi connectivity index (χ2v) is 7.73. The summed E-state index contributed by atoms with van der Waals surface area (Å²) in [7, 11) is 1.77. The van der Waals surface area contributed by atoms with Gasteiger partial charge in [0.05, 0.1) is 54.1 Å². The highest BCUT2D eigenvalue weighted by Crippen LogP contribution is 2.31. The number of nitrogens with zero attached hydrogens (tertiary/aromatic N) is 4. The Kier molecular flexibility index (Phi) is 6.84. The van der Waals surface area contributed by atoms with E-state index in [9.17, 15) is 9.90 Å². The van der Waals surface area contributed by atoms with Crippen LogP contribution in [-0.2, 0) is 29.6 Å². The summed E-state index contributed by atoms with van der Waals surface area (Å²) in [5.41, 5.74) is 2.18. The highest BCUT2D eigenvalue weighted by Gasteiger charge is 2.30. The predicted molar refractivity (Wildman–Crippen MR) is 107 cm³/mol. The molecule has 0 amide bonds. The van der Waals surface area contributed by atoms with Crippen LogP contribution >= 0.6 is 0 Å². The maximum Gasteiger partial charge on any atom is 0.309 e. The van der Waals surface area contributed by atoms with Gasteiger partial charge in [0, 0.05) is 7.05 Å². The number of ether oxygens (including phenoxy) is 2. The monoisotopic (exact) mass is 402 g/mol. The maximum absolute atomic E-state index is 12.3. The summed E-state index contributed by atoms with van der Waals surface area (Å²) in [4.78, 5) is 21.4. The van der Waals surface area contributed by atoms with Gasteiger partial charge in [-0.1, -0.05) is 6.92 Å². The third-order valence-electron chi connectivity index (χ3n) is 5.22. The van der Waals surface area contributed by atoms with Crippen LogP contribution in [0.2, 0.25) is 0 Å². The molecule has 158 valence electrons. The molecule has 2 heterocycles. The average Bonchev–Trinajstić information content (AvgIpc) is 3.08. The summed E-state index contributed by atoms with van der Waals surface area (Å²) >= 11 is 0. The quantitative estimate of drug-likeness (QED) is 0.711. The number of aliphatic hydroxyl groups is 1. The molecule has 8 nitrogen and oxygen atoms in total. The number of aromatic nitrogens is 4. The van der Waals surface area contributed by atoms with Crippen molar-refractivity contribution in [2.45, 2.75) is 71.7 Å². The maximum atomic E-state index is 12.3. The number of rotatable bonds is 7. The van der Waals surface area contributed by atoms with Crippen molar-refractivity contribution >= 4 is 5.97 Å². The van der Waals surface area contributed by atoms with Crippen LogP contribution in [0.5, 0.6) is 5.75 Å². The zero-order valence-corrected chi connectivity index (χ0v) is 17.6. The highest BCUT2D eigenvalue weighted by atomic mass is 16.5. The van der Waals surface area contributed by atoms with Crippen molar-refractivity contribution in [1.82, 2.24) is 19.7 Å². The van der Waals surface area contributed by atoms with E-state index in [2.05, 4.69) is 15.1 Å². The summed E-state index contributed by atoms with van der Waals surface area (Å²) in [5, 5.41) is 13.8. The minimum Gasteiger partial charge on any atom is -0.487 e. The first kappa shape index (κ1) is 21.2. The Morgan fingerprint density at radius 2 is 2.14 bits per heavy atom. The van der Waals surface area contributed by atoms with Crippen molar-refractivity contribution in [2.24, 2.45) is 13.0 Å². The Balaban J connectivity index is 1.75. The second-order valence-electron chi connectivity index (χ2n) is 7.73. The zero-order chi connectivity index (χ0) is 21.0. The number of carbonyl (C=O) groups is 1. The fraction of sp³-hybridized carbons (Fsp3) is 0.619. The molecule has 1 aliphatic carbocycles. The van der Waals surface area contributed by atoms with Crippen LogP contribution in [0.25, 0.3) is 11.4 Å². The predicted octanol–water partition coefficient (Wildman–Crippen LogP) is 2.82. The molecule has 1 saturated carbocycles. The molecule has 8 heteroatoms. The van der Waals surface area contributed by atoms with Crippen molar-refractivity contribution in [3.8, 4) is 17.1 Å². The van der Waals surface area contributed by atoms with Crippen molar-refractivity contribution in [3.05, 3.63) is 23.8 Å². The highest BCUT2D eigenvalue weighted by molar-refractivity contribution is 5.72. The van der Waals surface area contributed by atoms with Crippen LogP contribution in [0.15, 0.2) is 12.4 Å². The first-order valence-corrected chi connectivity index (χ1v) is 10.3. The molecule has 3 rings (SSSR count). The topological polar surface area (TPSA) is 99.4 Å². The van der Waals surface area contributed by atoms with E-state index in [1.54, 1.807) is 24.1 Å². The van der Waals surface area contributed by atoms with Crippen LogP contribution in [0.4, 0.5) is 0 Å². The fourth-order valence-electron chi connectivity index (χ4n) is 3.70. The van der Waals surface area contributed by atoms with Gasteiger partial charge in [-0.25, -0.2) is 9.97 Å². The number of aryl methyl sites for hydroxylation is 2. The van der Waals surface area contributed by atoms with E-state index < -0.39 is 0 Å². The molecule has 2 aromatic heterocycles. The van der Waals surface area contributed by atoms with Gasteiger partial charge in [-0.05, 0) is 46.0 Å². The van der Waals surface area contributed by atoms with Crippen LogP contribution < -0.4 is 4.74 Å². The largest absolute Gasteiger partial charge is 0.487 e. The van der Waals surface area contributed by atoms with E-state index in [1.807, 2.05) is 20.8 Å². The first-order chi connectivity index (χ1) is 13.9. The van der Waals surface area contributed by atoms with E-state index in [1.165, 1.54) is 0 Å². The third kappa shape index (κ3) is 4.93. The fourth-order valence-corrected chi connectivity index (χ4v) is 3.70. The van der Waals surface area contributed by atoms with Gasteiger partial charge in [0.15, 0.2) is 11.6 Å². The molecule has 0 aromatic carbocycles. The molecule has 2 atom stereocenters. The number of esters is 1. The van der Waals surface area contributed by atoms with Crippen molar-refractivity contribution < 1.29 is 19.4 Å². The van der Waals surface area contributed by atoms with E-state index in [0.717, 1.165) is 25.0 Å². The Morgan fingerprint density at radius 3 is 2.83 bits per heavy atom. The van der Waals surface area contributed by atoms with E-state index >= 15 is 0 Å². The van der Waals surface area contributed by atoms with Gasteiger partial charge in [-0.2, -0.15) is 5.10 Å². The standard InChI is InChI=1S/C21H30N4O4/c1-5-17-19(11-22-20(24-17)16-10-23-25(4)18(16)12-26)29-15-8-6-7-14(9-15)21(27)28-13(2)3/h10-11,13-15,26H,5-9,12H2,1-4H3/t14-,15-/m0/s1. The Labute approximate surface area is 171 Å².